The van der Waals surface area contributed by atoms with E-state index in [1.54, 1.807) is 12.3 Å². The van der Waals surface area contributed by atoms with Gasteiger partial charge in [-0.15, -0.1) is 0 Å². The Labute approximate surface area is 146 Å². The average molecular weight is 342 g/mol. The zero-order chi connectivity index (χ0) is 16.9. The summed E-state index contributed by atoms with van der Waals surface area (Å²) in [6.45, 7) is 2.56. The van der Waals surface area contributed by atoms with E-state index < -0.39 is 0 Å². The van der Waals surface area contributed by atoms with Crippen molar-refractivity contribution in [2.24, 2.45) is 0 Å². The first-order valence-corrected chi connectivity index (χ1v) is 8.49. The summed E-state index contributed by atoms with van der Waals surface area (Å²) in [5.74, 6) is 0.0321. The topological polar surface area (TPSA) is 46.4 Å². The molecule has 0 saturated heterocycles. The highest BCUT2D eigenvalue weighted by Gasteiger charge is 2.06. The Morgan fingerprint density at radius 3 is 2.62 bits per heavy atom. The Morgan fingerprint density at radius 2 is 1.88 bits per heavy atom. The number of benzene rings is 1. The Morgan fingerprint density at radius 1 is 1.12 bits per heavy atom. The Kier molecular flexibility index (Phi) is 5.16. The van der Waals surface area contributed by atoms with Gasteiger partial charge in [0.1, 0.15) is 5.65 Å². The molecule has 0 radical (unpaired) electrons. The average Bonchev–Trinajstić information content (AvgIpc) is 3.00. The second kappa shape index (κ2) is 7.49. The molecule has 3 aromatic rings. The molecule has 0 unspecified atom stereocenters. The number of hydrogen-bond acceptors (Lipinski definition) is 2. The van der Waals surface area contributed by atoms with Gasteiger partial charge in [-0.3, -0.25) is 4.79 Å². The molecule has 0 spiro atoms. The lowest BCUT2D eigenvalue weighted by molar-refractivity contribution is -0.121. The van der Waals surface area contributed by atoms with Gasteiger partial charge in [-0.05, 0) is 36.1 Å². The van der Waals surface area contributed by atoms with Crippen molar-refractivity contribution >= 4 is 23.2 Å². The van der Waals surface area contributed by atoms with Crippen molar-refractivity contribution in [3.8, 4) is 0 Å². The van der Waals surface area contributed by atoms with Gasteiger partial charge in [0.05, 0.1) is 17.3 Å². The molecule has 24 heavy (non-hydrogen) atoms. The number of aromatic nitrogens is 2. The van der Waals surface area contributed by atoms with Crippen molar-refractivity contribution in [3.63, 3.8) is 0 Å². The van der Waals surface area contributed by atoms with Crippen molar-refractivity contribution in [2.75, 3.05) is 0 Å². The van der Waals surface area contributed by atoms with Gasteiger partial charge in [-0.1, -0.05) is 42.8 Å². The van der Waals surface area contributed by atoms with Gasteiger partial charge < -0.3 is 9.72 Å². The van der Waals surface area contributed by atoms with E-state index >= 15 is 0 Å². The molecule has 1 N–H and O–H groups in total. The third-order valence-corrected chi connectivity index (χ3v) is 4.23. The van der Waals surface area contributed by atoms with Crippen LogP contribution in [0.15, 0.2) is 48.8 Å². The molecule has 2 heterocycles. The minimum absolute atomic E-state index is 0.0321. The zero-order valence-corrected chi connectivity index (χ0v) is 14.4. The van der Waals surface area contributed by atoms with Crippen molar-refractivity contribution in [1.29, 1.82) is 0 Å². The SMILES string of the molecule is CCc1ccc(CCC(=O)NCc2cn3cc(Cl)ccc3n2)cc1. The van der Waals surface area contributed by atoms with Crippen LogP contribution in [-0.4, -0.2) is 15.3 Å². The summed E-state index contributed by atoms with van der Waals surface area (Å²) >= 11 is 5.96. The highest BCUT2D eigenvalue weighted by atomic mass is 35.5. The summed E-state index contributed by atoms with van der Waals surface area (Å²) < 4.78 is 1.86. The number of pyridine rings is 1. The molecule has 0 bridgehead atoms. The molecular formula is C19H20ClN3O. The molecule has 0 aliphatic rings. The highest BCUT2D eigenvalue weighted by molar-refractivity contribution is 6.30. The van der Waals surface area contributed by atoms with Gasteiger partial charge in [0, 0.05) is 18.8 Å². The number of hydrogen-bond donors (Lipinski definition) is 1. The molecule has 2 aromatic heterocycles. The largest absolute Gasteiger partial charge is 0.350 e. The lowest BCUT2D eigenvalue weighted by Gasteiger charge is -2.04. The molecule has 124 valence electrons. The number of carbonyl (C=O) groups is 1. The van der Waals surface area contributed by atoms with Gasteiger partial charge in [-0.2, -0.15) is 0 Å². The molecule has 5 heteroatoms. The fourth-order valence-corrected chi connectivity index (χ4v) is 2.75. The number of carbonyl (C=O) groups excluding carboxylic acids is 1. The van der Waals surface area contributed by atoms with Gasteiger partial charge >= 0.3 is 0 Å². The number of halogens is 1. The van der Waals surface area contributed by atoms with E-state index in [4.69, 9.17) is 11.6 Å². The summed E-state index contributed by atoms with van der Waals surface area (Å²) in [4.78, 5) is 16.5. The highest BCUT2D eigenvalue weighted by Crippen LogP contribution is 2.12. The number of aryl methyl sites for hydroxylation is 2. The van der Waals surface area contributed by atoms with Crippen LogP contribution in [0.3, 0.4) is 0 Å². The van der Waals surface area contributed by atoms with Crippen LogP contribution in [0.4, 0.5) is 0 Å². The zero-order valence-electron chi connectivity index (χ0n) is 13.6. The minimum Gasteiger partial charge on any atom is -0.350 e. The number of nitrogens with one attached hydrogen (secondary N) is 1. The van der Waals surface area contributed by atoms with Crippen LogP contribution in [0.5, 0.6) is 0 Å². The van der Waals surface area contributed by atoms with Gasteiger partial charge in [0.25, 0.3) is 0 Å². The third kappa shape index (κ3) is 4.15. The normalized spacial score (nSPS) is 10.9. The van der Waals surface area contributed by atoms with E-state index in [0.717, 1.165) is 24.2 Å². The molecular weight excluding hydrogens is 322 g/mol. The second-order valence-electron chi connectivity index (χ2n) is 5.79. The molecule has 0 aliphatic heterocycles. The molecule has 4 nitrogen and oxygen atoms in total. The summed E-state index contributed by atoms with van der Waals surface area (Å²) in [6.07, 6.45) is 5.94. The van der Waals surface area contributed by atoms with Gasteiger partial charge in [0.15, 0.2) is 0 Å². The van der Waals surface area contributed by atoms with Crippen LogP contribution in [-0.2, 0) is 24.2 Å². The van der Waals surface area contributed by atoms with E-state index in [2.05, 4.69) is 41.5 Å². The standard InChI is InChI=1S/C19H20ClN3O/c1-2-14-3-5-15(6-4-14)7-10-19(24)21-11-17-13-23-12-16(20)8-9-18(23)22-17/h3-6,8-9,12-13H,2,7,10-11H2,1H3,(H,21,24). The van der Waals surface area contributed by atoms with E-state index in [1.807, 2.05) is 16.7 Å². The van der Waals surface area contributed by atoms with E-state index in [1.165, 1.54) is 11.1 Å². The maximum atomic E-state index is 12.0. The summed E-state index contributed by atoms with van der Waals surface area (Å²) in [5.41, 5.74) is 4.14. The van der Waals surface area contributed by atoms with Gasteiger partial charge in [-0.25, -0.2) is 4.98 Å². The molecule has 1 aromatic carbocycles. The maximum Gasteiger partial charge on any atom is 0.220 e. The van der Waals surface area contributed by atoms with Crippen molar-refractivity contribution in [2.45, 2.75) is 32.7 Å². The molecule has 0 aliphatic carbocycles. The quantitative estimate of drug-likeness (QED) is 0.741. The smallest absolute Gasteiger partial charge is 0.220 e. The maximum absolute atomic E-state index is 12.0. The van der Waals surface area contributed by atoms with Crippen LogP contribution in [0.1, 0.15) is 30.2 Å². The fourth-order valence-electron chi connectivity index (χ4n) is 2.58. The summed E-state index contributed by atoms with van der Waals surface area (Å²) in [5, 5.41) is 3.58. The predicted octanol–water partition coefficient (Wildman–Crippen LogP) is 3.80. The number of imidazole rings is 1. The summed E-state index contributed by atoms with van der Waals surface area (Å²) in [7, 11) is 0. The molecule has 1 amide bonds. The van der Waals surface area contributed by atoms with Crippen LogP contribution in [0, 0.1) is 0 Å². The molecule has 0 fully saturated rings. The Balaban J connectivity index is 1.50. The lowest BCUT2D eigenvalue weighted by atomic mass is 10.1. The molecule has 3 rings (SSSR count). The monoisotopic (exact) mass is 341 g/mol. The first-order chi connectivity index (χ1) is 11.6. The predicted molar refractivity (Wildman–Crippen MR) is 96.2 cm³/mol. The lowest BCUT2D eigenvalue weighted by Crippen LogP contribution is -2.23. The van der Waals surface area contributed by atoms with Crippen LogP contribution in [0.2, 0.25) is 5.02 Å². The Hall–Kier alpha value is -2.33. The fraction of sp³-hybridized carbons (Fsp3) is 0.263. The minimum atomic E-state index is 0.0321. The second-order valence-corrected chi connectivity index (χ2v) is 6.23. The Bertz CT molecular complexity index is 839. The van der Waals surface area contributed by atoms with Crippen LogP contribution < -0.4 is 5.32 Å². The first-order valence-electron chi connectivity index (χ1n) is 8.11. The number of rotatable bonds is 6. The van der Waals surface area contributed by atoms with Crippen molar-refractivity contribution < 1.29 is 4.79 Å². The third-order valence-electron chi connectivity index (χ3n) is 4.00. The molecule has 0 atom stereocenters. The van der Waals surface area contributed by atoms with E-state index in [0.29, 0.717) is 18.0 Å². The van der Waals surface area contributed by atoms with Crippen molar-refractivity contribution in [1.82, 2.24) is 14.7 Å². The van der Waals surface area contributed by atoms with E-state index in [9.17, 15) is 4.79 Å². The van der Waals surface area contributed by atoms with Crippen LogP contribution >= 0.6 is 11.6 Å². The van der Waals surface area contributed by atoms with Gasteiger partial charge in [0.2, 0.25) is 5.91 Å². The molecule has 0 saturated carbocycles. The summed E-state index contributed by atoms with van der Waals surface area (Å²) in [6, 6.07) is 12.1. The van der Waals surface area contributed by atoms with Crippen LogP contribution in [0.25, 0.3) is 5.65 Å². The number of fused-ring (bicyclic) bond motifs is 1. The number of amides is 1. The number of nitrogens with zero attached hydrogens (tertiary/aromatic N) is 2. The first kappa shape index (κ1) is 16.5. The van der Waals surface area contributed by atoms with E-state index in [-0.39, 0.29) is 5.91 Å². The van der Waals surface area contributed by atoms with Crippen molar-refractivity contribution in [3.05, 3.63) is 70.6 Å².